The summed E-state index contributed by atoms with van der Waals surface area (Å²) in [6, 6.07) is 11.5. The first kappa shape index (κ1) is 15.2. The van der Waals surface area contributed by atoms with Gasteiger partial charge in [0.1, 0.15) is 0 Å². The highest BCUT2D eigenvalue weighted by molar-refractivity contribution is 7.92. The van der Waals surface area contributed by atoms with E-state index in [0.29, 0.717) is 0 Å². The molecule has 0 spiro atoms. The Morgan fingerprint density at radius 1 is 1.00 bits per heavy atom. The molecule has 0 radical (unpaired) electrons. The molecule has 0 atom stereocenters. The summed E-state index contributed by atoms with van der Waals surface area (Å²) < 4.78 is 26.7. The minimum Gasteiger partial charge on any atom is -0.356 e. The summed E-state index contributed by atoms with van der Waals surface area (Å²) in [5.41, 5.74) is 0. The Hall–Kier alpha value is -2.15. The van der Waals surface area contributed by atoms with E-state index in [1.54, 1.807) is 30.3 Å². The minimum atomic E-state index is -3.62. The fraction of sp³-hybridized carbons (Fsp3) is 0.286. The summed E-state index contributed by atoms with van der Waals surface area (Å²) in [7, 11) is -3.62. The highest BCUT2D eigenvalue weighted by atomic mass is 32.2. The Morgan fingerprint density at radius 3 is 2.19 bits per heavy atom. The molecule has 0 amide bonds. The molecule has 2 aromatic rings. The standard InChI is InChI=1S/C14H18N4O2S/c1-3-18(4-2)14-11-10-13(15-16-14)17-21(19,20)12-8-6-5-7-9-12/h5-11H,3-4H2,1-2H3,(H,15,17). The van der Waals surface area contributed by atoms with Gasteiger partial charge in [-0.1, -0.05) is 18.2 Å². The average Bonchev–Trinajstić information content (AvgIpc) is 2.51. The van der Waals surface area contributed by atoms with Crippen molar-refractivity contribution >= 4 is 21.7 Å². The van der Waals surface area contributed by atoms with Crippen molar-refractivity contribution in [2.24, 2.45) is 0 Å². The van der Waals surface area contributed by atoms with Crippen LogP contribution in [0.15, 0.2) is 47.4 Å². The van der Waals surface area contributed by atoms with Crippen molar-refractivity contribution in [1.82, 2.24) is 10.2 Å². The lowest BCUT2D eigenvalue weighted by Crippen LogP contribution is -2.23. The number of hydrogen-bond acceptors (Lipinski definition) is 5. The summed E-state index contributed by atoms with van der Waals surface area (Å²) in [6.45, 7) is 5.69. The smallest absolute Gasteiger partial charge is 0.263 e. The normalized spacial score (nSPS) is 11.1. The molecule has 112 valence electrons. The quantitative estimate of drug-likeness (QED) is 0.885. The van der Waals surface area contributed by atoms with Crippen molar-refractivity contribution in [1.29, 1.82) is 0 Å². The van der Waals surface area contributed by atoms with E-state index in [1.165, 1.54) is 12.1 Å². The lowest BCUT2D eigenvalue weighted by Gasteiger charge is -2.18. The van der Waals surface area contributed by atoms with E-state index in [2.05, 4.69) is 14.9 Å². The number of benzene rings is 1. The fourth-order valence-electron chi connectivity index (χ4n) is 1.89. The van der Waals surface area contributed by atoms with E-state index in [9.17, 15) is 8.42 Å². The zero-order valence-electron chi connectivity index (χ0n) is 12.0. The Balaban J connectivity index is 2.17. The number of nitrogens with one attached hydrogen (secondary N) is 1. The number of anilines is 2. The van der Waals surface area contributed by atoms with Gasteiger partial charge in [-0.15, -0.1) is 10.2 Å². The molecule has 21 heavy (non-hydrogen) atoms. The number of hydrogen-bond donors (Lipinski definition) is 1. The lowest BCUT2D eigenvalue weighted by atomic mass is 10.4. The summed E-state index contributed by atoms with van der Waals surface area (Å²) in [6.07, 6.45) is 0. The van der Waals surface area contributed by atoms with Crippen molar-refractivity contribution in [2.45, 2.75) is 18.7 Å². The van der Waals surface area contributed by atoms with Gasteiger partial charge in [-0.3, -0.25) is 4.72 Å². The molecule has 0 aliphatic rings. The average molecular weight is 306 g/mol. The number of nitrogens with zero attached hydrogens (tertiary/aromatic N) is 3. The molecule has 2 rings (SSSR count). The summed E-state index contributed by atoms with van der Waals surface area (Å²) in [5.74, 6) is 0.928. The van der Waals surface area contributed by atoms with Crippen molar-refractivity contribution in [3.63, 3.8) is 0 Å². The van der Waals surface area contributed by atoms with E-state index in [1.807, 2.05) is 18.7 Å². The van der Waals surface area contributed by atoms with E-state index in [0.717, 1.165) is 18.9 Å². The van der Waals surface area contributed by atoms with Crippen molar-refractivity contribution in [3.05, 3.63) is 42.5 Å². The number of sulfonamides is 1. The van der Waals surface area contributed by atoms with Gasteiger partial charge in [0.25, 0.3) is 10.0 Å². The van der Waals surface area contributed by atoms with Gasteiger partial charge in [-0.05, 0) is 38.1 Å². The highest BCUT2D eigenvalue weighted by Gasteiger charge is 2.14. The van der Waals surface area contributed by atoms with Crippen LogP contribution in [0.1, 0.15) is 13.8 Å². The van der Waals surface area contributed by atoms with Crippen molar-refractivity contribution < 1.29 is 8.42 Å². The maximum absolute atomic E-state index is 12.1. The van der Waals surface area contributed by atoms with Crippen LogP contribution in [0.3, 0.4) is 0 Å². The monoisotopic (exact) mass is 306 g/mol. The zero-order chi connectivity index (χ0) is 15.3. The maximum atomic E-state index is 12.1. The lowest BCUT2D eigenvalue weighted by molar-refractivity contribution is 0.601. The molecule has 1 heterocycles. The first-order chi connectivity index (χ1) is 10.1. The van der Waals surface area contributed by atoms with Crippen molar-refractivity contribution in [2.75, 3.05) is 22.7 Å². The van der Waals surface area contributed by atoms with Crippen LogP contribution < -0.4 is 9.62 Å². The SMILES string of the molecule is CCN(CC)c1ccc(NS(=O)(=O)c2ccccc2)nn1. The van der Waals surface area contributed by atoms with Crippen LogP contribution in [0.25, 0.3) is 0 Å². The fourth-order valence-corrected chi connectivity index (χ4v) is 2.91. The van der Waals surface area contributed by atoms with Crippen LogP contribution in [-0.2, 0) is 10.0 Å². The third-order valence-electron chi connectivity index (χ3n) is 3.03. The maximum Gasteiger partial charge on any atom is 0.263 e. The Labute approximate surface area is 124 Å². The zero-order valence-corrected chi connectivity index (χ0v) is 12.8. The van der Waals surface area contributed by atoms with Gasteiger partial charge >= 0.3 is 0 Å². The Bertz CT molecular complexity index is 668. The molecule has 0 unspecified atom stereocenters. The largest absolute Gasteiger partial charge is 0.356 e. The van der Waals surface area contributed by atoms with Crippen LogP contribution in [0.4, 0.5) is 11.6 Å². The predicted molar refractivity (Wildman–Crippen MR) is 82.8 cm³/mol. The number of aromatic nitrogens is 2. The molecule has 1 N–H and O–H groups in total. The van der Waals surface area contributed by atoms with Crippen LogP contribution in [0.5, 0.6) is 0 Å². The van der Waals surface area contributed by atoms with Gasteiger partial charge in [0.2, 0.25) is 0 Å². The van der Waals surface area contributed by atoms with Crippen LogP contribution in [0, 0.1) is 0 Å². The van der Waals surface area contributed by atoms with Crippen LogP contribution in [0.2, 0.25) is 0 Å². The van der Waals surface area contributed by atoms with Crippen LogP contribution >= 0.6 is 0 Å². The Kier molecular flexibility index (Phi) is 4.74. The third kappa shape index (κ3) is 3.69. The predicted octanol–water partition coefficient (Wildman–Crippen LogP) is 2.12. The topological polar surface area (TPSA) is 75.2 Å². The Morgan fingerprint density at radius 2 is 1.67 bits per heavy atom. The summed E-state index contributed by atoms with van der Waals surface area (Å²) in [5, 5.41) is 7.97. The first-order valence-electron chi connectivity index (χ1n) is 6.73. The molecule has 0 aliphatic heterocycles. The molecule has 0 bridgehead atoms. The van der Waals surface area contributed by atoms with Gasteiger partial charge < -0.3 is 4.90 Å². The second-order valence-corrected chi connectivity index (χ2v) is 6.05. The van der Waals surface area contributed by atoms with Gasteiger partial charge in [-0.25, -0.2) is 8.42 Å². The molecular weight excluding hydrogens is 288 g/mol. The van der Waals surface area contributed by atoms with E-state index < -0.39 is 10.0 Å². The van der Waals surface area contributed by atoms with E-state index in [4.69, 9.17) is 0 Å². The van der Waals surface area contributed by atoms with E-state index in [-0.39, 0.29) is 10.7 Å². The molecule has 6 nitrogen and oxygen atoms in total. The molecular formula is C14H18N4O2S. The second kappa shape index (κ2) is 6.53. The molecule has 1 aromatic heterocycles. The number of rotatable bonds is 6. The summed E-state index contributed by atoms with van der Waals surface area (Å²) >= 11 is 0. The molecule has 0 aliphatic carbocycles. The highest BCUT2D eigenvalue weighted by Crippen LogP contribution is 2.15. The van der Waals surface area contributed by atoms with Crippen LogP contribution in [-0.4, -0.2) is 31.7 Å². The second-order valence-electron chi connectivity index (χ2n) is 4.37. The van der Waals surface area contributed by atoms with Gasteiger partial charge in [0.15, 0.2) is 11.6 Å². The summed E-state index contributed by atoms with van der Waals surface area (Å²) in [4.78, 5) is 2.22. The molecule has 7 heteroatoms. The van der Waals surface area contributed by atoms with Gasteiger partial charge in [-0.2, -0.15) is 0 Å². The van der Waals surface area contributed by atoms with E-state index >= 15 is 0 Å². The molecule has 0 fully saturated rings. The molecule has 1 aromatic carbocycles. The molecule has 0 saturated carbocycles. The first-order valence-corrected chi connectivity index (χ1v) is 8.21. The van der Waals surface area contributed by atoms with Crippen molar-refractivity contribution in [3.8, 4) is 0 Å². The minimum absolute atomic E-state index is 0.194. The third-order valence-corrected chi connectivity index (χ3v) is 4.40. The van der Waals surface area contributed by atoms with Gasteiger partial charge in [0, 0.05) is 13.1 Å². The molecule has 0 saturated heterocycles. The van der Waals surface area contributed by atoms with Gasteiger partial charge in [0.05, 0.1) is 4.90 Å².